The van der Waals surface area contributed by atoms with Crippen molar-refractivity contribution in [3.63, 3.8) is 0 Å². The van der Waals surface area contributed by atoms with Crippen LogP contribution in [0.3, 0.4) is 0 Å². The van der Waals surface area contributed by atoms with Gasteiger partial charge in [-0.25, -0.2) is 4.79 Å². The van der Waals surface area contributed by atoms with E-state index in [2.05, 4.69) is 10.6 Å². The van der Waals surface area contributed by atoms with Gasteiger partial charge in [-0.1, -0.05) is 42.5 Å². The van der Waals surface area contributed by atoms with Crippen LogP contribution >= 0.6 is 0 Å². The monoisotopic (exact) mass is 437 g/mol. The second-order valence-electron chi connectivity index (χ2n) is 8.91. The number of nitrogens with one attached hydrogen (secondary N) is 2. The molecule has 7 heteroatoms. The van der Waals surface area contributed by atoms with Crippen molar-refractivity contribution < 1.29 is 19.1 Å². The zero-order valence-electron chi connectivity index (χ0n) is 18.9. The third-order valence-corrected chi connectivity index (χ3v) is 5.08. The van der Waals surface area contributed by atoms with Gasteiger partial charge in [0.2, 0.25) is 11.8 Å². The molecule has 0 radical (unpaired) electrons. The highest BCUT2D eigenvalue weighted by Gasteiger charge is 2.22. The van der Waals surface area contributed by atoms with E-state index in [4.69, 9.17) is 4.74 Å². The average molecular weight is 438 g/mol. The van der Waals surface area contributed by atoms with Crippen molar-refractivity contribution in [1.82, 2.24) is 10.6 Å². The molecule has 2 N–H and O–H groups in total. The maximum atomic E-state index is 12.5. The Morgan fingerprint density at radius 3 is 2.34 bits per heavy atom. The van der Waals surface area contributed by atoms with Gasteiger partial charge in [-0.2, -0.15) is 0 Å². The van der Waals surface area contributed by atoms with Gasteiger partial charge in [0.05, 0.1) is 12.5 Å². The zero-order valence-corrected chi connectivity index (χ0v) is 18.9. The summed E-state index contributed by atoms with van der Waals surface area (Å²) in [6.07, 6.45) is 1.14. The number of anilines is 1. The fourth-order valence-electron chi connectivity index (χ4n) is 3.57. The Labute approximate surface area is 189 Å². The van der Waals surface area contributed by atoms with Crippen LogP contribution in [0.1, 0.15) is 50.8 Å². The Morgan fingerprint density at radius 2 is 1.75 bits per heavy atom. The third-order valence-electron chi connectivity index (χ3n) is 5.08. The maximum absolute atomic E-state index is 12.5. The van der Waals surface area contributed by atoms with E-state index in [1.807, 2.05) is 54.6 Å². The number of carbonyl (C=O) groups is 3. The standard InChI is InChI=1S/C25H31N3O4/c1-25(2,3)32-24(31)27-21(19-8-5-4-6-9-19)17-26-22(29)16-18-11-13-20(14-12-18)28-15-7-10-23(28)30/h4-6,8-9,11-14,21H,7,10,15-17H2,1-3H3,(H,26,29)(H,27,31). The van der Waals surface area contributed by atoms with Gasteiger partial charge in [0.1, 0.15) is 5.60 Å². The predicted molar refractivity (Wildman–Crippen MR) is 123 cm³/mol. The number of rotatable bonds is 7. The van der Waals surface area contributed by atoms with Crippen molar-refractivity contribution >= 4 is 23.6 Å². The van der Waals surface area contributed by atoms with Crippen LogP contribution in [-0.4, -0.2) is 36.6 Å². The van der Waals surface area contributed by atoms with Gasteiger partial charge < -0.3 is 20.3 Å². The van der Waals surface area contributed by atoms with Gasteiger partial charge in [-0.05, 0) is 50.5 Å². The van der Waals surface area contributed by atoms with E-state index in [0.29, 0.717) is 6.42 Å². The number of hydrogen-bond donors (Lipinski definition) is 2. The van der Waals surface area contributed by atoms with Crippen molar-refractivity contribution in [3.05, 3.63) is 65.7 Å². The molecule has 0 spiro atoms. The number of carbonyl (C=O) groups excluding carboxylic acids is 3. The van der Waals surface area contributed by atoms with Gasteiger partial charge in [0, 0.05) is 25.2 Å². The van der Waals surface area contributed by atoms with E-state index in [0.717, 1.165) is 29.8 Å². The Hall–Kier alpha value is -3.35. The molecule has 1 atom stereocenters. The van der Waals surface area contributed by atoms with Gasteiger partial charge in [0.15, 0.2) is 0 Å². The Bertz CT molecular complexity index is 936. The molecule has 170 valence electrons. The Balaban J connectivity index is 1.57. The molecule has 7 nitrogen and oxygen atoms in total. The fourth-order valence-corrected chi connectivity index (χ4v) is 3.57. The molecule has 32 heavy (non-hydrogen) atoms. The van der Waals surface area contributed by atoms with E-state index < -0.39 is 17.7 Å². The summed E-state index contributed by atoms with van der Waals surface area (Å²) in [7, 11) is 0. The summed E-state index contributed by atoms with van der Waals surface area (Å²) in [5.74, 6) is -0.0122. The molecule has 1 unspecified atom stereocenters. The first-order chi connectivity index (χ1) is 15.2. The van der Waals surface area contributed by atoms with Crippen molar-refractivity contribution in [2.45, 2.75) is 51.7 Å². The van der Waals surface area contributed by atoms with Crippen LogP contribution in [0.25, 0.3) is 0 Å². The second kappa shape index (κ2) is 10.3. The number of benzene rings is 2. The van der Waals surface area contributed by atoms with E-state index in [-0.39, 0.29) is 24.8 Å². The summed E-state index contributed by atoms with van der Waals surface area (Å²) in [5, 5.41) is 5.74. The number of amides is 3. The molecule has 1 fully saturated rings. The lowest BCUT2D eigenvalue weighted by Gasteiger charge is -2.24. The molecule has 0 aliphatic carbocycles. The number of ether oxygens (including phenoxy) is 1. The smallest absolute Gasteiger partial charge is 0.408 e. The van der Waals surface area contributed by atoms with Crippen LogP contribution in [0.2, 0.25) is 0 Å². The molecule has 3 amide bonds. The molecule has 2 aromatic carbocycles. The van der Waals surface area contributed by atoms with Gasteiger partial charge >= 0.3 is 6.09 Å². The van der Waals surface area contributed by atoms with E-state index in [1.165, 1.54) is 0 Å². The molecule has 0 saturated carbocycles. The molecule has 0 bridgehead atoms. The number of nitrogens with zero attached hydrogens (tertiary/aromatic N) is 1. The lowest BCUT2D eigenvalue weighted by atomic mass is 10.1. The first-order valence-electron chi connectivity index (χ1n) is 10.9. The first-order valence-corrected chi connectivity index (χ1v) is 10.9. The van der Waals surface area contributed by atoms with Crippen LogP contribution in [0.5, 0.6) is 0 Å². The normalized spacial score (nSPS) is 14.7. The summed E-state index contributed by atoms with van der Waals surface area (Å²) in [4.78, 5) is 38.5. The summed E-state index contributed by atoms with van der Waals surface area (Å²) in [6, 6.07) is 16.5. The van der Waals surface area contributed by atoms with E-state index in [9.17, 15) is 14.4 Å². The van der Waals surface area contributed by atoms with E-state index >= 15 is 0 Å². The summed E-state index contributed by atoms with van der Waals surface area (Å²) in [6.45, 7) is 6.39. The largest absolute Gasteiger partial charge is 0.444 e. The summed E-state index contributed by atoms with van der Waals surface area (Å²) < 4.78 is 5.36. The lowest BCUT2D eigenvalue weighted by Crippen LogP contribution is -2.40. The molecule has 1 aliphatic rings. The Kier molecular flexibility index (Phi) is 7.51. The van der Waals surface area contributed by atoms with Crippen molar-refractivity contribution in [2.75, 3.05) is 18.0 Å². The average Bonchev–Trinajstić information content (AvgIpc) is 3.17. The predicted octanol–water partition coefficient (Wildman–Crippen LogP) is 3.74. The number of hydrogen-bond acceptors (Lipinski definition) is 4. The van der Waals surface area contributed by atoms with Crippen molar-refractivity contribution in [2.24, 2.45) is 0 Å². The van der Waals surface area contributed by atoms with Gasteiger partial charge in [0.25, 0.3) is 0 Å². The highest BCUT2D eigenvalue weighted by Crippen LogP contribution is 2.22. The molecular weight excluding hydrogens is 406 g/mol. The molecule has 1 aliphatic heterocycles. The molecular formula is C25H31N3O4. The molecule has 2 aromatic rings. The van der Waals surface area contributed by atoms with Crippen LogP contribution in [-0.2, 0) is 20.7 Å². The minimum Gasteiger partial charge on any atom is -0.444 e. The van der Waals surface area contributed by atoms with Crippen molar-refractivity contribution in [3.8, 4) is 0 Å². The van der Waals surface area contributed by atoms with Gasteiger partial charge in [-0.15, -0.1) is 0 Å². The highest BCUT2D eigenvalue weighted by molar-refractivity contribution is 5.95. The van der Waals surface area contributed by atoms with Crippen LogP contribution in [0.15, 0.2) is 54.6 Å². The Morgan fingerprint density at radius 1 is 1.06 bits per heavy atom. The minimum atomic E-state index is -0.611. The fraction of sp³-hybridized carbons (Fsp3) is 0.400. The molecule has 1 heterocycles. The lowest BCUT2D eigenvalue weighted by molar-refractivity contribution is -0.120. The molecule has 1 saturated heterocycles. The quantitative estimate of drug-likeness (QED) is 0.691. The minimum absolute atomic E-state index is 0.139. The van der Waals surface area contributed by atoms with Gasteiger partial charge in [-0.3, -0.25) is 9.59 Å². The zero-order chi connectivity index (χ0) is 23.1. The van der Waals surface area contributed by atoms with Crippen LogP contribution in [0.4, 0.5) is 10.5 Å². The second-order valence-corrected chi connectivity index (χ2v) is 8.91. The van der Waals surface area contributed by atoms with Crippen LogP contribution in [0, 0.1) is 0 Å². The van der Waals surface area contributed by atoms with Crippen molar-refractivity contribution in [1.29, 1.82) is 0 Å². The molecule has 0 aromatic heterocycles. The molecule has 3 rings (SSSR count). The highest BCUT2D eigenvalue weighted by atomic mass is 16.6. The van der Waals surface area contributed by atoms with E-state index in [1.54, 1.807) is 25.7 Å². The third kappa shape index (κ3) is 6.83. The SMILES string of the molecule is CC(C)(C)OC(=O)NC(CNC(=O)Cc1ccc(N2CCCC2=O)cc1)c1ccccc1. The van der Waals surface area contributed by atoms with Crippen LogP contribution < -0.4 is 15.5 Å². The maximum Gasteiger partial charge on any atom is 0.408 e. The summed E-state index contributed by atoms with van der Waals surface area (Å²) in [5.41, 5.74) is 1.98. The topological polar surface area (TPSA) is 87.7 Å². The first kappa shape index (κ1) is 23.3. The summed E-state index contributed by atoms with van der Waals surface area (Å²) >= 11 is 0. The number of alkyl carbamates (subject to hydrolysis) is 1.